The first-order valence-corrected chi connectivity index (χ1v) is 13.6. The molecule has 200 valence electrons. The molecule has 3 aromatic carbocycles. The zero-order chi connectivity index (χ0) is 27.1. The lowest BCUT2D eigenvalue weighted by atomic mass is 9.69. The summed E-state index contributed by atoms with van der Waals surface area (Å²) in [6, 6.07) is 23.2. The van der Waals surface area contributed by atoms with Crippen LogP contribution >= 0.6 is 0 Å². The van der Waals surface area contributed by atoms with Crippen molar-refractivity contribution in [2.24, 2.45) is 5.41 Å². The number of hydrogen-bond acceptors (Lipinski definition) is 4. The van der Waals surface area contributed by atoms with Crippen LogP contribution in [0.25, 0.3) is 11.1 Å². The SMILES string of the molecule is COC(=O)CCc1cc(NC(=O)C2(Cc3ccc(-c4ccc(N(C)C)cc4)cc3)CCCCC2)ccc1C. The maximum absolute atomic E-state index is 13.8. The number of hydrogen-bond donors (Lipinski definition) is 1. The Hall–Kier alpha value is -3.60. The molecule has 1 fully saturated rings. The van der Waals surface area contributed by atoms with Crippen molar-refractivity contribution in [1.29, 1.82) is 0 Å². The Labute approximate surface area is 227 Å². The van der Waals surface area contributed by atoms with Crippen LogP contribution in [0.4, 0.5) is 11.4 Å². The molecular weight excluding hydrogens is 472 g/mol. The number of benzene rings is 3. The fourth-order valence-corrected chi connectivity index (χ4v) is 5.49. The quantitative estimate of drug-likeness (QED) is 0.315. The topological polar surface area (TPSA) is 58.6 Å². The second-order valence-electron chi connectivity index (χ2n) is 10.8. The van der Waals surface area contributed by atoms with Crippen LogP contribution in [0.5, 0.6) is 0 Å². The molecule has 1 N–H and O–H groups in total. The maximum Gasteiger partial charge on any atom is 0.305 e. The highest BCUT2D eigenvalue weighted by Crippen LogP contribution is 2.41. The van der Waals surface area contributed by atoms with E-state index < -0.39 is 5.41 Å². The lowest BCUT2D eigenvalue weighted by Gasteiger charge is -2.36. The van der Waals surface area contributed by atoms with Gasteiger partial charge in [0.25, 0.3) is 0 Å². The molecule has 5 heteroatoms. The lowest BCUT2D eigenvalue weighted by molar-refractivity contribution is -0.140. The first-order chi connectivity index (χ1) is 18.3. The highest BCUT2D eigenvalue weighted by Gasteiger charge is 2.39. The molecule has 0 atom stereocenters. The Bertz CT molecular complexity index is 1240. The van der Waals surface area contributed by atoms with Crippen molar-refractivity contribution in [2.45, 2.75) is 58.3 Å². The number of amides is 1. The first-order valence-electron chi connectivity index (χ1n) is 13.6. The fraction of sp³-hybridized carbons (Fsp3) is 0.394. The summed E-state index contributed by atoms with van der Waals surface area (Å²) < 4.78 is 4.79. The number of aryl methyl sites for hydroxylation is 2. The monoisotopic (exact) mass is 512 g/mol. The number of esters is 1. The van der Waals surface area contributed by atoms with Crippen molar-refractivity contribution in [3.63, 3.8) is 0 Å². The number of rotatable bonds is 9. The van der Waals surface area contributed by atoms with E-state index in [0.29, 0.717) is 12.8 Å². The molecule has 0 radical (unpaired) electrons. The lowest BCUT2D eigenvalue weighted by Crippen LogP contribution is -2.40. The molecule has 4 rings (SSSR count). The van der Waals surface area contributed by atoms with E-state index >= 15 is 0 Å². The van der Waals surface area contributed by atoms with Gasteiger partial charge in [-0.15, -0.1) is 0 Å². The number of carbonyl (C=O) groups is 2. The summed E-state index contributed by atoms with van der Waals surface area (Å²) in [5.41, 5.74) is 7.29. The van der Waals surface area contributed by atoms with Crippen LogP contribution in [0.1, 0.15) is 55.2 Å². The van der Waals surface area contributed by atoms with Crippen LogP contribution in [0.3, 0.4) is 0 Å². The maximum atomic E-state index is 13.8. The zero-order valence-corrected chi connectivity index (χ0v) is 23.2. The van der Waals surface area contributed by atoms with E-state index in [-0.39, 0.29) is 11.9 Å². The Balaban J connectivity index is 1.49. The van der Waals surface area contributed by atoms with Crippen molar-refractivity contribution in [3.8, 4) is 11.1 Å². The predicted molar refractivity (Wildman–Crippen MR) is 156 cm³/mol. The number of carbonyl (C=O) groups excluding carboxylic acids is 2. The highest BCUT2D eigenvalue weighted by atomic mass is 16.5. The molecule has 0 aromatic heterocycles. The van der Waals surface area contributed by atoms with Crippen LogP contribution in [0.15, 0.2) is 66.7 Å². The smallest absolute Gasteiger partial charge is 0.305 e. The van der Waals surface area contributed by atoms with Crippen molar-refractivity contribution in [2.75, 3.05) is 31.4 Å². The molecule has 1 aliphatic rings. The van der Waals surface area contributed by atoms with Gasteiger partial charge in [-0.2, -0.15) is 0 Å². The largest absolute Gasteiger partial charge is 0.469 e. The van der Waals surface area contributed by atoms with Crippen LogP contribution in [-0.4, -0.2) is 33.1 Å². The van der Waals surface area contributed by atoms with Crippen LogP contribution < -0.4 is 10.2 Å². The number of nitrogens with zero attached hydrogens (tertiary/aromatic N) is 1. The molecule has 5 nitrogen and oxygen atoms in total. The number of anilines is 2. The molecule has 1 saturated carbocycles. The molecule has 3 aromatic rings. The van der Waals surface area contributed by atoms with Crippen molar-refractivity contribution in [3.05, 3.63) is 83.4 Å². The fourth-order valence-electron chi connectivity index (χ4n) is 5.49. The Morgan fingerprint density at radius 1 is 0.895 bits per heavy atom. The van der Waals surface area contributed by atoms with Gasteiger partial charge in [-0.25, -0.2) is 0 Å². The van der Waals surface area contributed by atoms with Crippen LogP contribution in [-0.2, 0) is 27.2 Å². The van der Waals surface area contributed by atoms with Crippen molar-refractivity contribution >= 4 is 23.3 Å². The van der Waals surface area contributed by atoms with E-state index in [9.17, 15) is 9.59 Å². The molecule has 0 saturated heterocycles. The summed E-state index contributed by atoms with van der Waals surface area (Å²) in [6.07, 6.45) is 6.77. The molecule has 38 heavy (non-hydrogen) atoms. The minimum Gasteiger partial charge on any atom is -0.469 e. The van der Waals surface area contributed by atoms with E-state index in [1.54, 1.807) is 0 Å². The second kappa shape index (κ2) is 12.3. The van der Waals surface area contributed by atoms with Gasteiger partial charge in [-0.05, 0) is 84.7 Å². The van der Waals surface area contributed by atoms with Crippen molar-refractivity contribution in [1.82, 2.24) is 0 Å². The molecule has 0 unspecified atom stereocenters. The van der Waals surface area contributed by atoms with Gasteiger partial charge < -0.3 is 15.0 Å². The number of nitrogens with one attached hydrogen (secondary N) is 1. The average molecular weight is 513 g/mol. The summed E-state index contributed by atoms with van der Waals surface area (Å²) in [4.78, 5) is 27.5. The summed E-state index contributed by atoms with van der Waals surface area (Å²) in [5.74, 6) is -0.125. The second-order valence-corrected chi connectivity index (χ2v) is 10.8. The van der Waals surface area contributed by atoms with Crippen LogP contribution in [0, 0.1) is 12.3 Å². The summed E-state index contributed by atoms with van der Waals surface area (Å²) in [7, 11) is 5.50. The van der Waals surface area contributed by atoms with Crippen molar-refractivity contribution < 1.29 is 14.3 Å². The van der Waals surface area contributed by atoms with Gasteiger partial charge in [0.05, 0.1) is 12.5 Å². The molecule has 1 amide bonds. The van der Waals surface area contributed by atoms with Gasteiger partial charge in [0.2, 0.25) is 5.91 Å². The van der Waals surface area contributed by atoms with E-state index in [0.717, 1.165) is 48.9 Å². The standard InChI is InChI=1S/C33H40N2O3/c1-24-8-16-29(22-28(24)15-19-31(36)38-4)34-32(37)33(20-6-5-7-21-33)23-25-9-11-26(12-10-25)27-13-17-30(18-14-27)35(2)3/h8-14,16-18,22H,5-7,15,19-21,23H2,1-4H3,(H,34,37). The Morgan fingerprint density at radius 2 is 1.53 bits per heavy atom. The van der Waals surface area contributed by atoms with E-state index in [4.69, 9.17) is 4.74 Å². The third-order valence-electron chi connectivity index (χ3n) is 7.94. The minimum atomic E-state index is -0.413. The number of ether oxygens (including phenoxy) is 1. The Morgan fingerprint density at radius 3 is 2.13 bits per heavy atom. The normalized spacial score (nSPS) is 14.5. The zero-order valence-electron chi connectivity index (χ0n) is 23.2. The predicted octanol–water partition coefficient (Wildman–Crippen LogP) is 6.97. The molecule has 0 bridgehead atoms. The third-order valence-corrected chi connectivity index (χ3v) is 7.94. The molecular formula is C33H40N2O3. The highest BCUT2D eigenvalue weighted by molar-refractivity contribution is 5.95. The van der Waals surface area contributed by atoms with E-state index in [1.807, 2.05) is 39.2 Å². The molecule has 0 aliphatic heterocycles. The molecule has 1 aliphatic carbocycles. The van der Waals surface area contributed by atoms with Gasteiger partial charge in [-0.3, -0.25) is 9.59 Å². The number of methoxy groups -OCH3 is 1. The summed E-state index contributed by atoms with van der Waals surface area (Å²) >= 11 is 0. The summed E-state index contributed by atoms with van der Waals surface area (Å²) in [6.45, 7) is 2.03. The van der Waals surface area contributed by atoms with Gasteiger partial charge >= 0.3 is 5.97 Å². The van der Waals surface area contributed by atoms with Gasteiger partial charge in [0.1, 0.15) is 0 Å². The van der Waals surface area contributed by atoms with E-state index in [1.165, 1.54) is 35.9 Å². The molecule has 0 heterocycles. The minimum absolute atomic E-state index is 0.100. The van der Waals surface area contributed by atoms with Crippen LogP contribution in [0.2, 0.25) is 0 Å². The molecule has 0 spiro atoms. The Kier molecular flexibility index (Phi) is 8.88. The van der Waals surface area contributed by atoms with Gasteiger partial charge in [0, 0.05) is 31.9 Å². The third kappa shape index (κ3) is 6.63. The van der Waals surface area contributed by atoms with E-state index in [2.05, 4.69) is 58.7 Å². The van der Waals surface area contributed by atoms with Gasteiger partial charge in [-0.1, -0.05) is 61.7 Å². The van der Waals surface area contributed by atoms with Gasteiger partial charge in [0.15, 0.2) is 0 Å². The first kappa shape index (κ1) is 27.4. The average Bonchev–Trinajstić information content (AvgIpc) is 2.94. The summed E-state index contributed by atoms with van der Waals surface area (Å²) in [5, 5.41) is 3.23.